The van der Waals surface area contributed by atoms with Crippen LogP contribution in [-0.2, 0) is 4.79 Å². The molecule has 0 radical (unpaired) electrons. The maximum Gasteiger partial charge on any atom is 0.325 e. The Labute approximate surface area is 195 Å². The van der Waals surface area contributed by atoms with Gasteiger partial charge in [-0.1, -0.05) is 12.1 Å². The van der Waals surface area contributed by atoms with Crippen molar-refractivity contribution < 1.29 is 19.1 Å². The first kappa shape index (κ1) is 22.8. The summed E-state index contributed by atoms with van der Waals surface area (Å²) in [7, 11) is 3.16. The van der Waals surface area contributed by atoms with Crippen molar-refractivity contribution in [2.45, 2.75) is 13.8 Å². The lowest BCUT2D eigenvalue weighted by Crippen LogP contribution is -2.51. The van der Waals surface area contributed by atoms with Gasteiger partial charge in [0, 0.05) is 51.0 Å². The van der Waals surface area contributed by atoms with Crippen LogP contribution < -0.4 is 19.3 Å². The molecule has 8 heteroatoms. The second-order valence-corrected chi connectivity index (χ2v) is 8.55. The van der Waals surface area contributed by atoms with Gasteiger partial charge in [0.2, 0.25) is 5.91 Å². The van der Waals surface area contributed by atoms with Gasteiger partial charge >= 0.3 is 6.03 Å². The summed E-state index contributed by atoms with van der Waals surface area (Å²) in [6.07, 6.45) is 0. The van der Waals surface area contributed by atoms with Crippen molar-refractivity contribution in [3.8, 4) is 11.5 Å². The molecule has 2 heterocycles. The second-order valence-electron chi connectivity index (χ2n) is 8.55. The predicted molar refractivity (Wildman–Crippen MR) is 129 cm³/mol. The molecule has 33 heavy (non-hydrogen) atoms. The zero-order chi connectivity index (χ0) is 23.5. The minimum absolute atomic E-state index is 0.0107. The molecule has 0 aromatic heterocycles. The van der Waals surface area contributed by atoms with Crippen molar-refractivity contribution in [1.82, 2.24) is 9.80 Å². The molecule has 2 saturated heterocycles. The Morgan fingerprint density at radius 3 is 2.33 bits per heavy atom. The first-order valence-corrected chi connectivity index (χ1v) is 11.3. The van der Waals surface area contributed by atoms with E-state index in [2.05, 4.69) is 36.9 Å². The van der Waals surface area contributed by atoms with E-state index in [-0.39, 0.29) is 18.5 Å². The summed E-state index contributed by atoms with van der Waals surface area (Å²) in [5.41, 5.74) is 4.37. The van der Waals surface area contributed by atoms with Crippen molar-refractivity contribution in [2.24, 2.45) is 0 Å². The SMILES string of the molecule is COc1ccc(OC)c(N2CCN(CC(=O)N3CCN(c4cc(C)ccc4C)CC3)C2=O)c1. The normalized spacial score (nSPS) is 16.4. The van der Waals surface area contributed by atoms with Gasteiger partial charge in [0.25, 0.3) is 0 Å². The average molecular weight is 453 g/mol. The highest BCUT2D eigenvalue weighted by Gasteiger charge is 2.34. The largest absolute Gasteiger partial charge is 0.497 e. The predicted octanol–water partition coefficient (Wildman–Crippen LogP) is 2.91. The molecule has 0 N–H and O–H groups in total. The Balaban J connectivity index is 1.36. The maximum absolute atomic E-state index is 13.1. The summed E-state index contributed by atoms with van der Waals surface area (Å²) >= 11 is 0. The van der Waals surface area contributed by atoms with Crippen LogP contribution in [0.15, 0.2) is 36.4 Å². The minimum Gasteiger partial charge on any atom is -0.497 e. The molecule has 0 saturated carbocycles. The summed E-state index contributed by atoms with van der Waals surface area (Å²) in [4.78, 5) is 33.5. The molecular formula is C25H32N4O4. The Morgan fingerprint density at radius 2 is 1.64 bits per heavy atom. The van der Waals surface area contributed by atoms with Gasteiger partial charge in [-0.25, -0.2) is 4.79 Å². The van der Waals surface area contributed by atoms with Gasteiger partial charge < -0.3 is 24.2 Å². The third-order valence-corrected chi connectivity index (χ3v) is 6.44. The molecule has 2 fully saturated rings. The lowest BCUT2D eigenvalue weighted by molar-refractivity contribution is -0.131. The van der Waals surface area contributed by atoms with Gasteiger partial charge in [0.05, 0.1) is 19.9 Å². The van der Waals surface area contributed by atoms with Crippen molar-refractivity contribution in [1.29, 1.82) is 0 Å². The zero-order valence-electron chi connectivity index (χ0n) is 19.8. The van der Waals surface area contributed by atoms with Crippen LogP contribution in [0.25, 0.3) is 0 Å². The summed E-state index contributed by atoms with van der Waals surface area (Å²) < 4.78 is 10.7. The average Bonchev–Trinajstić information content (AvgIpc) is 3.19. The van der Waals surface area contributed by atoms with E-state index < -0.39 is 0 Å². The van der Waals surface area contributed by atoms with E-state index in [0.717, 1.165) is 13.1 Å². The highest BCUT2D eigenvalue weighted by molar-refractivity contribution is 5.98. The molecule has 3 amide bonds. The van der Waals surface area contributed by atoms with Gasteiger partial charge in [-0.05, 0) is 43.2 Å². The summed E-state index contributed by atoms with van der Waals surface area (Å²) in [5.74, 6) is 1.23. The van der Waals surface area contributed by atoms with E-state index in [4.69, 9.17) is 9.47 Å². The van der Waals surface area contributed by atoms with E-state index in [1.165, 1.54) is 16.8 Å². The summed E-state index contributed by atoms with van der Waals surface area (Å²) in [6, 6.07) is 11.6. The number of aryl methyl sites for hydroxylation is 2. The molecule has 0 spiro atoms. The molecule has 176 valence electrons. The van der Waals surface area contributed by atoms with Crippen molar-refractivity contribution in [2.75, 3.05) is 69.8 Å². The van der Waals surface area contributed by atoms with Gasteiger partial charge in [-0.2, -0.15) is 0 Å². The Bertz CT molecular complexity index is 1030. The molecule has 2 aliphatic rings. The lowest BCUT2D eigenvalue weighted by atomic mass is 10.1. The number of rotatable bonds is 6. The van der Waals surface area contributed by atoms with E-state index in [1.807, 2.05) is 4.90 Å². The number of urea groups is 1. The van der Waals surface area contributed by atoms with Crippen LogP contribution >= 0.6 is 0 Å². The topological polar surface area (TPSA) is 65.6 Å². The first-order chi connectivity index (χ1) is 15.9. The number of carbonyl (C=O) groups is 2. The quantitative estimate of drug-likeness (QED) is 0.674. The Hall–Kier alpha value is -3.42. The van der Waals surface area contributed by atoms with Gasteiger partial charge in [0.15, 0.2) is 0 Å². The summed E-state index contributed by atoms with van der Waals surface area (Å²) in [5, 5.41) is 0. The zero-order valence-corrected chi connectivity index (χ0v) is 19.8. The van der Waals surface area contributed by atoms with Crippen LogP contribution in [0.5, 0.6) is 11.5 Å². The summed E-state index contributed by atoms with van der Waals surface area (Å²) in [6.45, 7) is 8.18. The molecule has 0 atom stereocenters. The number of hydrogen-bond acceptors (Lipinski definition) is 5. The lowest BCUT2D eigenvalue weighted by Gasteiger charge is -2.37. The Morgan fingerprint density at radius 1 is 0.879 bits per heavy atom. The standard InChI is InChI=1S/C25H32N4O4/c1-18-5-6-19(2)21(15-18)26-9-11-27(12-10-26)24(30)17-28-13-14-29(25(28)31)22-16-20(32-3)7-8-23(22)33-4/h5-8,15-16H,9-14,17H2,1-4H3. The number of piperazine rings is 1. The molecular weight excluding hydrogens is 420 g/mol. The highest BCUT2D eigenvalue weighted by atomic mass is 16.5. The fourth-order valence-corrected chi connectivity index (χ4v) is 4.48. The van der Waals surface area contributed by atoms with Gasteiger partial charge in [-0.15, -0.1) is 0 Å². The van der Waals surface area contributed by atoms with E-state index in [0.29, 0.717) is 43.4 Å². The van der Waals surface area contributed by atoms with Gasteiger partial charge in [-0.3, -0.25) is 9.69 Å². The number of hydrogen-bond donors (Lipinski definition) is 0. The molecule has 2 aromatic carbocycles. The number of nitrogens with zero attached hydrogens (tertiary/aromatic N) is 4. The number of benzene rings is 2. The molecule has 4 rings (SSSR count). The van der Waals surface area contributed by atoms with E-state index in [9.17, 15) is 9.59 Å². The van der Waals surface area contributed by atoms with Crippen LogP contribution in [0.3, 0.4) is 0 Å². The fourth-order valence-electron chi connectivity index (χ4n) is 4.48. The smallest absolute Gasteiger partial charge is 0.325 e. The van der Waals surface area contributed by atoms with Crippen molar-refractivity contribution in [3.63, 3.8) is 0 Å². The fraction of sp³-hybridized carbons (Fsp3) is 0.440. The highest BCUT2D eigenvalue weighted by Crippen LogP contribution is 2.34. The molecule has 0 aliphatic carbocycles. The molecule has 0 bridgehead atoms. The number of ether oxygens (including phenoxy) is 2. The third-order valence-electron chi connectivity index (χ3n) is 6.44. The van der Waals surface area contributed by atoms with Crippen LogP contribution in [0, 0.1) is 13.8 Å². The van der Waals surface area contributed by atoms with Crippen LogP contribution in [0.2, 0.25) is 0 Å². The van der Waals surface area contributed by atoms with Crippen LogP contribution in [0.1, 0.15) is 11.1 Å². The van der Waals surface area contributed by atoms with Crippen molar-refractivity contribution >= 4 is 23.3 Å². The second kappa shape index (κ2) is 9.60. The number of amides is 3. The Kier molecular flexibility index (Phi) is 6.62. The molecule has 8 nitrogen and oxygen atoms in total. The van der Waals surface area contributed by atoms with Crippen LogP contribution in [-0.4, -0.2) is 81.8 Å². The van der Waals surface area contributed by atoms with Crippen molar-refractivity contribution in [3.05, 3.63) is 47.5 Å². The maximum atomic E-state index is 13.1. The van der Waals surface area contributed by atoms with E-state index >= 15 is 0 Å². The van der Waals surface area contributed by atoms with Gasteiger partial charge in [0.1, 0.15) is 18.0 Å². The minimum atomic E-state index is -0.191. The molecule has 2 aromatic rings. The van der Waals surface area contributed by atoms with E-state index in [1.54, 1.807) is 42.2 Å². The number of carbonyl (C=O) groups excluding carboxylic acids is 2. The molecule has 2 aliphatic heterocycles. The first-order valence-electron chi connectivity index (χ1n) is 11.3. The number of anilines is 2. The molecule has 0 unspecified atom stereocenters. The monoisotopic (exact) mass is 452 g/mol. The third kappa shape index (κ3) is 4.69. The number of methoxy groups -OCH3 is 2. The van der Waals surface area contributed by atoms with Crippen LogP contribution in [0.4, 0.5) is 16.2 Å².